The van der Waals surface area contributed by atoms with E-state index >= 15 is 0 Å². The topological polar surface area (TPSA) is 54.1 Å². The number of carbonyl (C=O) groups is 1. The summed E-state index contributed by atoms with van der Waals surface area (Å²) in [4.78, 5) is 15.7. The Morgan fingerprint density at radius 2 is 1.77 bits per heavy atom. The lowest BCUT2D eigenvalue weighted by Gasteiger charge is -2.26. The Morgan fingerprint density at radius 3 is 2.50 bits per heavy atom. The third kappa shape index (κ3) is 4.66. The third-order valence-electron chi connectivity index (χ3n) is 4.32. The fourth-order valence-electron chi connectivity index (χ4n) is 3.14. The number of hydrogen-bond donors (Lipinski definition) is 2. The Morgan fingerprint density at radius 1 is 1.08 bits per heavy atom. The zero-order chi connectivity index (χ0) is 18.6. The number of H-pyrrole nitrogens is 1. The second kappa shape index (κ2) is 7.65. The molecule has 1 aromatic heterocycles. The molecule has 1 heterocycles. The molecule has 136 valence electrons. The standard InChI is InChI=1S/C22H26N2O2/c1-22(2,3)13-20(18-14-23-19-12-8-7-11-17(18)19)24-21(25)26-15-16-9-5-4-6-10-16/h4-12,14,20,23H,13,15H2,1-3H3,(H,24,25). The monoisotopic (exact) mass is 350 g/mol. The molecule has 0 bridgehead atoms. The minimum absolute atomic E-state index is 0.0652. The van der Waals surface area contributed by atoms with Crippen LogP contribution in [0, 0.1) is 5.41 Å². The largest absolute Gasteiger partial charge is 0.445 e. The minimum Gasteiger partial charge on any atom is -0.445 e. The third-order valence-corrected chi connectivity index (χ3v) is 4.32. The normalized spacial score (nSPS) is 12.7. The van der Waals surface area contributed by atoms with E-state index in [0.717, 1.165) is 28.5 Å². The van der Waals surface area contributed by atoms with Crippen molar-refractivity contribution in [1.82, 2.24) is 10.3 Å². The molecule has 0 saturated carbocycles. The molecule has 1 unspecified atom stereocenters. The highest BCUT2D eigenvalue weighted by Gasteiger charge is 2.24. The van der Waals surface area contributed by atoms with Crippen molar-refractivity contribution < 1.29 is 9.53 Å². The van der Waals surface area contributed by atoms with Gasteiger partial charge in [0.15, 0.2) is 0 Å². The van der Waals surface area contributed by atoms with Gasteiger partial charge in [-0.05, 0) is 29.0 Å². The maximum absolute atomic E-state index is 12.4. The van der Waals surface area contributed by atoms with Crippen LogP contribution >= 0.6 is 0 Å². The van der Waals surface area contributed by atoms with Crippen LogP contribution in [0.4, 0.5) is 4.79 Å². The van der Waals surface area contributed by atoms with Crippen molar-refractivity contribution in [2.75, 3.05) is 0 Å². The van der Waals surface area contributed by atoms with E-state index in [1.165, 1.54) is 0 Å². The number of nitrogens with one attached hydrogen (secondary N) is 2. The van der Waals surface area contributed by atoms with E-state index in [4.69, 9.17) is 4.74 Å². The Balaban J connectivity index is 1.75. The molecular weight excluding hydrogens is 324 g/mol. The zero-order valence-electron chi connectivity index (χ0n) is 15.6. The van der Waals surface area contributed by atoms with Crippen LogP contribution in [0.15, 0.2) is 60.8 Å². The number of benzene rings is 2. The average Bonchev–Trinajstić information content (AvgIpc) is 3.03. The molecule has 26 heavy (non-hydrogen) atoms. The van der Waals surface area contributed by atoms with E-state index in [1.807, 2.05) is 54.7 Å². The summed E-state index contributed by atoms with van der Waals surface area (Å²) in [5.41, 5.74) is 3.20. The molecule has 2 N–H and O–H groups in total. The fourth-order valence-corrected chi connectivity index (χ4v) is 3.14. The second-order valence-corrected chi connectivity index (χ2v) is 7.81. The summed E-state index contributed by atoms with van der Waals surface area (Å²) in [5, 5.41) is 4.19. The molecule has 4 heteroatoms. The number of hydrogen-bond acceptors (Lipinski definition) is 2. The first-order chi connectivity index (χ1) is 12.4. The van der Waals surface area contributed by atoms with Crippen molar-refractivity contribution >= 4 is 17.0 Å². The van der Waals surface area contributed by atoms with Gasteiger partial charge in [0.05, 0.1) is 6.04 Å². The highest BCUT2D eigenvalue weighted by atomic mass is 16.5. The summed E-state index contributed by atoms with van der Waals surface area (Å²) >= 11 is 0. The van der Waals surface area contributed by atoms with Crippen LogP contribution in [0.25, 0.3) is 10.9 Å². The SMILES string of the molecule is CC(C)(C)CC(NC(=O)OCc1ccccc1)c1c[nH]c2ccccc12. The van der Waals surface area contributed by atoms with Gasteiger partial charge in [-0.3, -0.25) is 0 Å². The predicted octanol–water partition coefficient (Wildman–Crippen LogP) is 5.57. The van der Waals surface area contributed by atoms with Crippen molar-refractivity contribution in [3.8, 4) is 0 Å². The van der Waals surface area contributed by atoms with Gasteiger partial charge in [0.25, 0.3) is 0 Å². The molecule has 0 radical (unpaired) electrons. The number of amides is 1. The predicted molar refractivity (Wildman–Crippen MR) is 105 cm³/mol. The van der Waals surface area contributed by atoms with Crippen LogP contribution in [-0.2, 0) is 11.3 Å². The van der Waals surface area contributed by atoms with E-state index in [-0.39, 0.29) is 18.1 Å². The van der Waals surface area contributed by atoms with Gasteiger partial charge in [-0.1, -0.05) is 69.3 Å². The van der Waals surface area contributed by atoms with Crippen LogP contribution in [0.2, 0.25) is 0 Å². The van der Waals surface area contributed by atoms with Gasteiger partial charge in [0.1, 0.15) is 6.61 Å². The lowest BCUT2D eigenvalue weighted by molar-refractivity contribution is 0.132. The van der Waals surface area contributed by atoms with Crippen LogP contribution in [0.1, 0.15) is 44.4 Å². The molecule has 0 aliphatic carbocycles. The molecule has 0 aliphatic rings. The molecule has 3 aromatic rings. The number of rotatable bonds is 5. The molecule has 1 atom stereocenters. The maximum Gasteiger partial charge on any atom is 0.407 e. The van der Waals surface area contributed by atoms with Gasteiger partial charge < -0.3 is 15.0 Å². The summed E-state index contributed by atoms with van der Waals surface area (Å²) in [7, 11) is 0. The summed E-state index contributed by atoms with van der Waals surface area (Å²) in [6, 6.07) is 17.7. The highest BCUT2D eigenvalue weighted by molar-refractivity contribution is 5.84. The summed E-state index contributed by atoms with van der Waals surface area (Å²) < 4.78 is 5.42. The van der Waals surface area contributed by atoms with E-state index in [9.17, 15) is 4.79 Å². The second-order valence-electron chi connectivity index (χ2n) is 7.81. The number of aromatic nitrogens is 1. The van der Waals surface area contributed by atoms with Gasteiger partial charge in [0.2, 0.25) is 0 Å². The van der Waals surface area contributed by atoms with Crippen LogP contribution in [-0.4, -0.2) is 11.1 Å². The van der Waals surface area contributed by atoms with Crippen LogP contribution < -0.4 is 5.32 Å². The summed E-state index contributed by atoms with van der Waals surface area (Å²) in [5.74, 6) is 0. The fraction of sp³-hybridized carbons (Fsp3) is 0.318. The number of aromatic amines is 1. The van der Waals surface area contributed by atoms with Gasteiger partial charge in [-0.2, -0.15) is 0 Å². The van der Waals surface area contributed by atoms with Crippen LogP contribution in [0.3, 0.4) is 0 Å². The number of ether oxygens (including phenoxy) is 1. The van der Waals surface area contributed by atoms with E-state index in [0.29, 0.717) is 0 Å². The van der Waals surface area contributed by atoms with E-state index < -0.39 is 6.09 Å². The van der Waals surface area contributed by atoms with E-state index in [2.05, 4.69) is 37.1 Å². The molecule has 0 fully saturated rings. The highest BCUT2D eigenvalue weighted by Crippen LogP contribution is 2.33. The average molecular weight is 350 g/mol. The van der Waals surface area contributed by atoms with E-state index in [1.54, 1.807) is 0 Å². The molecule has 0 saturated heterocycles. The number of carbonyl (C=O) groups excluding carboxylic acids is 1. The molecule has 0 spiro atoms. The Bertz CT molecular complexity index is 862. The Kier molecular flexibility index (Phi) is 5.31. The van der Waals surface area contributed by atoms with Gasteiger partial charge in [-0.25, -0.2) is 4.79 Å². The van der Waals surface area contributed by atoms with Crippen molar-refractivity contribution in [2.24, 2.45) is 5.41 Å². The minimum atomic E-state index is -0.395. The molecule has 3 rings (SSSR count). The Labute approximate surface area is 154 Å². The van der Waals surface area contributed by atoms with Crippen molar-refractivity contribution in [1.29, 1.82) is 0 Å². The van der Waals surface area contributed by atoms with Crippen molar-refractivity contribution in [2.45, 2.75) is 39.8 Å². The lowest BCUT2D eigenvalue weighted by Crippen LogP contribution is -2.31. The summed E-state index contributed by atoms with van der Waals surface area (Å²) in [6.45, 7) is 6.78. The molecular formula is C22H26N2O2. The molecule has 1 amide bonds. The first-order valence-corrected chi connectivity index (χ1v) is 8.96. The first-order valence-electron chi connectivity index (χ1n) is 8.96. The van der Waals surface area contributed by atoms with Gasteiger partial charge in [-0.15, -0.1) is 0 Å². The lowest BCUT2D eigenvalue weighted by atomic mass is 9.85. The van der Waals surface area contributed by atoms with Crippen molar-refractivity contribution in [3.63, 3.8) is 0 Å². The number of alkyl carbamates (subject to hydrolysis) is 1. The molecule has 4 nitrogen and oxygen atoms in total. The van der Waals surface area contributed by atoms with Crippen molar-refractivity contribution in [3.05, 3.63) is 71.9 Å². The summed E-state index contributed by atoms with van der Waals surface area (Å²) in [6.07, 6.45) is 2.40. The number of fused-ring (bicyclic) bond motifs is 1. The molecule has 2 aromatic carbocycles. The Hall–Kier alpha value is -2.75. The maximum atomic E-state index is 12.4. The zero-order valence-corrected chi connectivity index (χ0v) is 15.6. The van der Waals surface area contributed by atoms with Crippen LogP contribution in [0.5, 0.6) is 0 Å². The van der Waals surface area contributed by atoms with Gasteiger partial charge >= 0.3 is 6.09 Å². The van der Waals surface area contributed by atoms with Gasteiger partial charge in [0, 0.05) is 17.1 Å². The quantitative estimate of drug-likeness (QED) is 0.632. The smallest absolute Gasteiger partial charge is 0.407 e. The molecule has 0 aliphatic heterocycles. The first kappa shape index (κ1) is 18.1. The number of para-hydroxylation sites is 1.